The number of hydrogen-bond acceptors (Lipinski definition) is 7. The summed E-state index contributed by atoms with van der Waals surface area (Å²) in [4.78, 5) is 12.0. The average Bonchev–Trinajstić information content (AvgIpc) is 3.25. The Kier molecular flexibility index (Phi) is 4.97. The zero-order valence-corrected chi connectivity index (χ0v) is 17.1. The molecule has 8 nitrogen and oxygen atoms in total. The molecule has 2 fully saturated rings. The van der Waals surface area contributed by atoms with Crippen LogP contribution in [0, 0.1) is 18.3 Å². The third-order valence-corrected chi connectivity index (χ3v) is 6.27. The third kappa shape index (κ3) is 3.68. The molecule has 2 unspecified atom stereocenters. The third-order valence-electron chi connectivity index (χ3n) is 6.27. The van der Waals surface area contributed by atoms with Crippen LogP contribution in [0.25, 0.3) is 10.9 Å². The van der Waals surface area contributed by atoms with Gasteiger partial charge in [0, 0.05) is 60.5 Å². The van der Waals surface area contributed by atoms with E-state index >= 15 is 0 Å². The molecule has 8 heteroatoms. The number of nitrogens with zero attached hydrogens (tertiary/aromatic N) is 5. The van der Waals surface area contributed by atoms with Gasteiger partial charge in [0.15, 0.2) is 5.82 Å². The van der Waals surface area contributed by atoms with E-state index in [1.54, 1.807) is 0 Å². The van der Waals surface area contributed by atoms with Crippen molar-refractivity contribution in [3.8, 4) is 6.07 Å². The van der Waals surface area contributed by atoms with Crippen molar-refractivity contribution in [1.29, 1.82) is 5.26 Å². The van der Waals surface area contributed by atoms with Crippen LogP contribution >= 0.6 is 0 Å². The Bertz CT molecular complexity index is 1070. The largest absolute Gasteiger partial charge is 0.367 e. The lowest BCUT2D eigenvalue weighted by molar-refractivity contribution is 0.136. The Morgan fingerprint density at radius 2 is 2.07 bits per heavy atom. The van der Waals surface area contributed by atoms with Crippen LogP contribution in [-0.2, 0) is 0 Å². The van der Waals surface area contributed by atoms with E-state index in [0.29, 0.717) is 24.5 Å². The second-order valence-electron chi connectivity index (χ2n) is 8.33. The summed E-state index contributed by atoms with van der Waals surface area (Å²) < 4.78 is 0. The zero-order chi connectivity index (χ0) is 20.5. The molecule has 3 atom stereocenters. The second kappa shape index (κ2) is 7.92. The number of aromatic nitrogens is 4. The lowest BCUT2D eigenvalue weighted by atomic mass is 9.97. The van der Waals surface area contributed by atoms with E-state index in [-0.39, 0.29) is 0 Å². The van der Waals surface area contributed by atoms with E-state index in [1.165, 1.54) is 12.8 Å². The number of anilines is 3. The van der Waals surface area contributed by atoms with Gasteiger partial charge in [-0.3, -0.25) is 15.0 Å². The van der Waals surface area contributed by atoms with Crippen LogP contribution < -0.4 is 10.6 Å². The molecule has 3 aromatic rings. The summed E-state index contributed by atoms with van der Waals surface area (Å²) in [6.45, 7) is 2.87. The predicted octanol–water partition coefficient (Wildman–Crippen LogP) is 3.73. The molecule has 0 saturated carbocycles. The van der Waals surface area contributed by atoms with Crippen molar-refractivity contribution < 1.29 is 0 Å². The maximum atomic E-state index is 8.94. The molecule has 2 bridgehead atoms. The van der Waals surface area contributed by atoms with Crippen LogP contribution in [0.3, 0.4) is 0 Å². The molecule has 2 aliphatic heterocycles. The van der Waals surface area contributed by atoms with Crippen molar-refractivity contribution in [3.63, 3.8) is 0 Å². The van der Waals surface area contributed by atoms with Crippen molar-refractivity contribution in [2.45, 2.75) is 57.2 Å². The molecular weight excluding hydrogens is 376 g/mol. The van der Waals surface area contributed by atoms with E-state index in [1.807, 2.05) is 37.4 Å². The minimum Gasteiger partial charge on any atom is -0.367 e. The lowest BCUT2D eigenvalue weighted by Crippen LogP contribution is -2.47. The molecule has 3 aromatic heterocycles. The Morgan fingerprint density at radius 3 is 2.80 bits per heavy atom. The van der Waals surface area contributed by atoms with Gasteiger partial charge >= 0.3 is 0 Å². The number of rotatable bonds is 6. The summed E-state index contributed by atoms with van der Waals surface area (Å²) in [6.07, 6.45) is 7.06. The van der Waals surface area contributed by atoms with Gasteiger partial charge in [-0.25, -0.2) is 4.98 Å². The number of piperidine rings is 1. The zero-order valence-electron chi connectivity index (χ0n) is 17.1. The van der Waals surface area contributed by atoms with Gasteiger partial charge in [0.05, 0.1) is 11.6 Å². The number of aromatic amines is 1. The molecule has 5 heterocycles. The number of pyridine rings is 2. The average molecular weight is 403 g/mol. The van der Waals surface area contributed by atoms with Gasteiger partial charge in [-0.1, -0.05) is 0 Å². The topological polar surface area (TPSA) is 106 Å². The van der Waals surface area contributed by atoms with Gasteiger partial charge < -0.3 is 10.6 Å². The Balaban J connectivity index is 1.37. The first-order valence-corrected chi connectivity index (χ1v) is 10.6. The van der Waals surface area contributed by atoms with Crippen molar-refractivity contribution in [2.24, 2.45) is 0 Å². The molecule has 30 heavy (non-hydrogen) atoms. The second-order valence-corrected chi connectivity index (χ2v) is 8.33. The normalized spacial score (nSPS) is 23.4. The molecule has 5 rings (SSSR count). The SMILES string of the molecule is Cc1cc(Nc2nc(NC3CC4CC[C@@H](C3)N4CCC#N)cc3ncccc23)n[nH]1. The molecule has 2 aliphatic rings. The summed E-state index contributed by atoms with van der Waals surface area (Å²) in [5.41, 5.74) is 1.90. The minimum absolute atomic E-state index is 0.384. The van der Waals surface area contributed by atoms with Crippen molar-refractivity contribution in [2.75, 3.05) is 17.2 Å². The maximum absolute atomic E-state index is 8.94. The van der Waals surface area contributed by atoms with E-state index in [2.05, 4.69) is 36.8 Å². The first-order chi connectivity index (χ1) is 14.7. The van der Waals surface area contributed by atoms with Crippen LogP contribution in [0.15, 0.2) is 30.5 Å². The highest BCUT2D eigenvalue weighted by atomic mass is 15.2. The number of fused-ring (bicyclic) bond motifs is 3. The first-order valence-electron chi connectivity index (χ1n) is 10.6. The maximum Gasteiger partial charge on any atom is 0.153 e. The Hall–Kier alpha value is -3.18. The molecule has 154 valence electrons. The van der Waals surface area contributed by atoms with Gasteiger partial charge in [-0.05, 0) is 44.7 Å². The fourth-order valence-electron chi connectivity index (χ4n) is 4.99. The van der Waals surface area contributed by atoms with Crippen LogP contribution in [0.4, 0.5) is 17.5 Å². The molecule has 0 radical (unpaired) electrons. The van der Waals surface area contributed by atoms with E-state index in [0.717, 1.165) is 53.4 Å². The highest BCUT2D eigenvalue weighted by molar-refractivity contribution is 5.92. The molecule has 0 aliphatic carbocycles. The fourth-order valence-corrected chi connectivity index (χ4v) is 4.99. The molecule has 0 amide bonds. The van der Waals surface area contributed by atoms with Gasteiger partial charge in [0.2, 0.25) is 0 Å². The molecule has 3 N–H and O–H groups in total. The van der Waals surface area contributed by atoms with E-state index in [4.69, 9.17) is 10.2 Å². The summed E-state index contributed by atoms with van der Waals surface area (Å²) in [5.74, 6) is 2.33. The van der Waals surface area contributed by atoms with Crippen molar-refractivity contribution in [1.82, 2.24) is 25.1 Å². The number of hydrogen-bond donors (Lipinski definition) is 3. The molecule has 0 spiro atoms. The van der Waals surface area contributed by atoms with Gasteiger partial charge in [-0.2, -0.15) is 10.4 Å². The standard InChI is InChI=1S/C22H26N8/c1-14-10-21(29-28-14)27-22-18-4-2-8-24-19(18)13-20(26-22)25-15-11-16-5-6-17(12-15)30(16)9-3-7-23/h2,4,8,10,13,15-17H,3,5-6,9,11-12H2,1H3,(H3,25,26,27,28,29)/t15?,16-,17?/m0/s1. The van der Waals surface area contributed by atoms with Crippen LogP contribution in [0.2, 0.25) is 0 Å². The Morgan fingerprint density at radius 1 is 1.23 bits per heavy atom. The molecule has 2 saturated heterocycles. The summed E-state index contributed by atoms with van der Waals surface area (Å²) >= 11 is 0. The number of aryl methyl sites for hydroxylation is 1. The van der Waals surface area contributed by atoms with Crippen LogP contribution in [0.5, 0.6) is 0 Å². The van der Waals surface area contributed by atoms with Crippen LogP contribution in [-0.4, -0.2) is 49.7 Å². The molecular formula is C22H26N8. The smallest absolute Gasteiger partial charge is 0.153 e. The fraction of sp³-hybridized carbons (Fsp3) is 0.455. The molecule has 0 aromatic carbocycles. The minimum atomic E-state index is 0.384. The van der Waals surface area contributed by atoms with Gasteiger partial charge in [-0.15, -0.1) is 0 Å². The number of nitriles is 1. The van der Waals surface area contributed by atoms with Crippen molar-refractivity contribution >= 4 is 28.4 Å². The highest BCUT2D eigenvalue weighted by Gasteiger charge is 2.40. The summed E-state index contributed by atoms with van der Waals surface area (Å²) in [6, 6.07) is 11.7. The van der Waals surface area contributed by atoms with E-state index < -0.39 is 0 Å². The van der Waals surface area contributed by atoms with Crippen molar-refractivity contribution in [3.05, 3.63) is 36.2 Å². The number of nitrogens with one attached hydrogen (secondary N) is 3. The summed E-state index contributed by atoms with van der Waals surface area (Å²) in [5, 5.41) is 24.1. The lowest BCUT2D eigenvalue weighted by Gasteiger charge is -2.39. The highest BCUT2D eigenvalue weighted by Crippen LogP contribution is 2.37. The monoisotopic (exact) mass is 402 g/mol. The van der Waals surface area contributed by atoms with E-state index in [9.17, 15) is 0 Å². The van der Waals surface area contributed by atoms with Crippen LogP contribution in [0.1, 0.15) is 37.8 Å². The van der Waals surface area contributed by atoms with Gasteiger partial charge in [0.1, 0.15) is 11.6 Å². The quantitative estimate of drug-likeness (QED) is 0.577. The number of H-pyrrole nitrogens is 1. The van der Waals surface area contributed by atoms with Gasteiger partial charge in [0.25, 0.3) is 0 Å². The first kappa shape index (κ1) is 18.8. The predicted molar refractivity (Wildman–Crippen MR) is 117 cm³/mol. The Labute approximate surface area is 175 Å². The summed E-state index contributed by atoms with van der Waals surface area (Å²) in [7, 11) is 0.